The molecule has 50 heavy (non-hydrogen) atoms. The Kier molecular flexibility index (Phi) is 8.55. The molecule has 1 aromatic carbocycles. The number of carboxylic acids is 1. The third-order valence-electron chi connectivity index (χ3n) is 10.00. The number of fused-ring (bicyclic) bond motifs is 12. The van der Waals surface area contributed by atoms with Crippen LogP contribution in [0.4, 0.5) is 27.8 Å². The van der Waals surface area contributed by atoms with Gasteiger partial charge in [0.25, 0.3) is 5.91 Å². The number of carbonyl (C=O) groups is 2. The van der Waals surface area contributed by atoms with Crippen LogP contribution in [-0.4, -0.2) is 74.5 Å². The second-order valence-corrected chi connectivity index (χ2v) is 13.8. The number of halogens is 6. The minimum Gasteiger partial charge on any atom is -0.480 e. The summed E-state index contributed by atoms with van der Waals surface area (Å²) >= 11 is 6.24. The monoisotopic (exact) mass is 721 g/mol. The average molecular weight is 722 g/mol. The summed E-state index contributed by atoms with van der Waals surface area (Å²) in [5.74, 6) is -12.4. The highest BCUT2D eigenvalue weighted by atomic mass is 35.5. The molecule has 1 N–H and O–H groups in total. The number of carboxylic acid groups (broad SMARTS) is 1. The predicted octanol–water partition coefficient (Wildman–Crippen LogP) is 7.26. The van der Waals surface area contributed by atoms with Crippen LogP contribution in [0, 0.1) is 5.92 Å². The molecule has 1 amide bonds. The number of alkyl halides is 5. The molecular weight excluding hydrogens is 689 g/mol. The van der Waals surface area contributed by atoms with Crippen LogP contribution < -0.4 is 9.64 Å². The Hall–Kier alpha value is -4.27. The number of para-hydroxylation sites is 1. The van der Waals surface area contributed by atoms with E-state index in [9.17, 15) is 14.7 Å². The van der Waals surface area contributed by atoms with Crippen LogP contribution in [0.5, 0.6) is 5.88 Å². The summed E-state index contributed by atoms with van der Waals surface area (Å²) in [6.07, 6.45) is -2.32. The highest BCUT2D eigenvalue weighted by molar-refractivity contribution is 6.30. The van der Waals surface area contributed by atoms with Crippen molar-refractivity contribution in [2.24, 2.45) is 5.92 Å². The Morgan fingerprint density at radius 1 is 1.02 bits per heavy atom. The minimum absolute atomic E-state index is 0.00320. The number of anilines is 1. The van der Waals surface area contributed by atoms with Crippen LogP contribution in [0.1, 0.15) is 63.3 Å². The van der Waals surface area contributed by atoms with E-state index in [4.69, 9.17) is 20.8 Å². The maximum absolute atomic E-state index is 17.0. The molecule has 0 aliphatic carbocycles. The van der Waals surface area contributed by atoms with Gasteiger partial charge in [0.1, 0.15) is 28.9 Å². The number of amides is 1. The Balaban J connectivity index is 1.34. The number of aliphatic carboxylic acids is 1. The Morgan fingerprint density at radius 2 is 1.76 bits per heavy atom. The zero-order valence-electron chi connectivity index (χ0n) is 26.9. The molecule has 2 fully saturated rings. The van der Waals surface area contributed by atoms with E-state index < -0.39 is 66.1 Å². The van der Waals surface area contributed by atoms with E-state index in [-0.39, 0.29) is 85.1 Å². The molecule has 266 valence electrons. The number of furan rings is 1. The quantitative estimate of drug-likeness (QED) is 0.203. The first-order chi connectivity index (χ1) is 23.7. The van der Waals surface area contributed by atoms with Gasteiger partial charge in [0.2, 0.25) is 11.7 Å². The van der Waals surface area contributed by atoms with Crippen molar-refractivity contribution in [3.8, 4) is 5.88 Å². The van der Waals surface area contributed by atoms with Gasteiger partial charge in [-0.05, 0) is 31.0 Å². The number of pyridine rings is 1. The van der Waals surface area contributed by atoms with Gasteiger partial charge in [0.15, 0.2) is 11.4 Å². The van der Waals surface area contributed by atoms with Crippen molar-refractivity contribution >= 4 is 51.4 Å². The molecule has 0 saturated carbocycles. The zero-order chi connectivity index (χ0) is 35.6. The molecule has 4 aliphatic heterocycles. The minimum atomic E-state index is -3.77. The predicted molar refractivity (Wildman–Crippen MR) is 171 cm³/mol. The maximum atomic E-state index is 17.0. The van der Waals surface area contributed by atoms with E-state index in [1.54, 1.807) is 24.3 Å². The molecule has 4 aliphatic rings. The lowest BCUT2D eigenvalue weighted by atomic mass is 9.78. The zero-order valence-corrected chi connectivity index (χ0v) is 27.6. The molecule has 0 radical (unpaired) electrons. The van der Waals surface area contributed by atoms with E-state index in [2.05, 4.69) is 15.0 Å². The Labute approximate surface area is 287 Å². The topological polar surface area (TPSA) is 122 Å². The summed E-state index contributed by atoms with van der Waals surface area (Å²) in [6, 6.07) is 6.61. The SMILES string of the molecule is C[C@H]1CN2CC[C@]1(F)c1cc(Cl)cnc1O[C@H]1C[C@@H](C(=O)O)N(C1)c1nc(nc3c1oc1ccccc13)C(F)(F)CCCCCC(F)(F)C2=O. The molecule has 4 aromatic rings. The number of hydrogen-bond acceptors (Lipinski definition) is 8. The Bertz CT molecular complexity index is 1980. The first kappa shape index (κ1) is 34.2. The summed E-state index contributed by atoms with van der Waals surface area (Å²) in [5, 5.41) is 10.8. The van der Waals surface area contributed by atoms with Crippen molar-refractivity contribution in [1.29, 1.82) is 0 Å². The van der Waals surface area contributed by atoms with Gasteiger partial charge in [0.05, 0.1) is 17.1 Å². The van der Waals surface area contributed by atoms with E-state index in [1.807, 2.05) is 0 Å². The molecule has 2 saturated heterocycles. The molecule has 6 bridgehead atoms. The van der Waals surface area contributed by atoms with Crippen molar-refractivity contribution in [2.45, 2.75) is 81.5 Å². The van der Waals surface area contributed by atoms with Gasteiger partial charge in [-0.3, -0.25) is 4.79 Å². The van der Waals surface area contributed by atoms with Gasteiger partial charge in [-0.1, -0.05) is 37.1 Å². The number of carbonyl (C=O) groups excluding carboxylic acids is 1. The van der Waals surface area contributed by atoms with Crippen LogP contribution in [0.15, 0.2) is 40.9 Å². The molecule has 10 nitrogen and oxygen atoms in total. The lowest BCUT2D eigenvalue weighted by Crippen LogP contribution is -2.53. The van der Waals surface area contributed by atoms with E-state index >= 15 is 22.0 Å². The van der Waals surface area contributed by atoms with E-state index in [1.165, 1.54) is 24.1 Å². The van der Waals surface area contributed by atoms with Crippen LogP contribution in [-0.2, 0) is 21.2 Å². The second kappa shape index (κ2) is 12.5. The highest BCUT2D eigenvalue weighted by Gasteiger charge is 2.51. The molecular formula is C34H33ClF5N5O5. The molecule has 16 heteroatoms. The fourth-order valence-electron chi connectivity index (χ4n) is 7.28. The van der Waals surface area contributed by atoms with Gasteiger partial charge in [-0.2, -0.15) is 17.6 Å². The van der Waals surface area contributed by atoms with Crippen molar-refractivity contribution < 1.29 is 45.8 Å². The maximum Gasteiger partial charge on any atom is 0.326 e. The third kappa shape index (κ3) is 5.96. The average Bonchev–Trinajstić information content (AvgIpc) is 3.67. The largest absolute Gasteiger partial charge is 0.480 e. The second-order valence-electron chi connectivity index (χ2n) is 13.4. The van der Waals surface area contributed by atoms with Gasteiger partial charge in [-0.25, -0.2) is 24.1 Å². The molecule has 0 unspecified atom stereocenters. The van der Waals surface area contributed by atoms with E-state index in [0.717, 1.165) is 4.90 Å². The molecule has 3 aromatic heterocycles. The molecule has 8 rings (SSSR count). The third-order valence-corrected chi connectivity index (χ3v) is 10.2. The number of aromatic nitrogens is 3. The summed E-state index contributed by atoms with van der Waals surface area (Å²) in [5.41, 5.74) is -1.91. The van der Waals surface area contributed by atoms with Gasteiger partial charge >= 0.3 is 17.8 Å². The van der Waals surface area contributed by atoms with Crippen LogP contribution in [0.3, 0.4) is 0 Å². The van der Waals surface area contributed by atoms with E-state index in [0.29, 0.717) is 11.0 Å². The van der Waals surface area contributed by atoms with Crippen LogP contribution >= 0.6 is 11.6 Å². The molecule has 4 atom stereocenters. The molecule has 0 spiro atoms. The number of nitrogens with zero attached hydrogens (tertiary/aromatic N) is 5. The summed E-state index contributed by atoms with van der Waals surface area (Å²) in [6.45, 7) is 0.652. The van der Waals surface area contributed by atoms with Crippen LogP contribution in [0.25, 0.3) is 22.1 Å². The van der Waals surface area contributed by atoms with Gasteiger partial charge < -0.3 is 24.1 Å². The number of rotatable bonds is 1. The Morgan fingerprint density at radius 3 is 2.50 bits per heavy atom. The normalized spacial score (nSPS) is 27.2. The van der Waals surface area contributed by atoms with Crippen molar-refractivity contribution in [2.75, 3.05) is 24.5 Å². The van der Waals surface area contributed by atoms with Crippen molar-refractivity contribution in [3.05, 3.63) is 52.9 Å². The first-order valence-corrected chi connectivity index (χ1v) is 16.8. The highest BCUT2D eigenvalue weighted by Crippen LogP contribution is 2.47. The summed E-state index contributed by atoms with van der Waals surface area (Å²) < 4.78 is 91.1. The number of benzene rings is 1. The lowest BCUT2D eigenvalue weighted by Gasteiger charge is -2.42. The fraction of sp³-hybridized carbons (Fsp3) is 0.500. The fourth-order valence-corrected chi connectivity index (χ4v) is 7.44. The van der Waals surface area contributed by atoms with Crippen molar-refractivity contribution in [1.82, 2.24) is 19.9 Å². The number of hydrogen-bond donors (Lipinski definition) is 1. The smallest absolute Gasteiger partial charge is 0.326 e. The van der Waals surface area contributed by atoms with Gasteiger partial charge in [-0.15, -0.1) is 0 Å². The number of ether oxygens (including phenoxy) is 1. The van der Waals surface area contributed by atoms with Gasteiger partial charge in [0, 0.05) is 56.3 Å². The number of piperidine rings is 1. The van der Waals surface area contributed by atoms with Crippen LogP contribution in [0.2, 0.25) is 5.02 Å². The molecule has 7 heterocycles. The summed E-state index contributed by atoms with van der Waals surface area (Å²) in [4.78, 5) is 40.4. The first-order valence-electron chi connectivity index (χ1n) is 16.4. The lowest BCUT2D eigenvalue weighted by molar-refractivity contribution is -0.163. The summed E-state index contributed by atoms with van der Waals surface area (Å²) in [7, 11) is 0. The standard InChI is InChI=1S/C34H33ClF5N5O5/c1-18-16-44-12-11-32(18,36)22-13-19(35)15-41-28(22)49-20-14-23(29(46)47)45(17-20)27-26-25(21-7-3-4-8-24(21)50-26)42-30(43-27)33(37,38)9-5-2-6-10-34(39,40)31(44)48/h3-4,7-8,13,15,18,20,23H,2,5-6,9-12,14,16-17H2,1H3,(H,46,47)/t18-,20-,23-,32+/m0/s1. The van der Waals surface area contributed by atoms with Crippen molar-refractivity contribution in [3.63, 3.8) is 0 Å².